The van der Waals surface area contributed by atoms with E-state index in [1.54, 1.807) is 12.1 Å². The van der Waals surface area contributed by atoms with Gasteiger partial charge in [-0.15, -0.1) is 0 Å². The fourth-order valence-electron chi connectivity index (χ4n) is 1.86. The van der Waals surface area contributed by atoms with Gasteiger partial charge in [-0.2, -0.15) is 0 Å². The average Bonchev–Trinajstić information content (AvgIpc) is 2.39. The van der Waals surface area contributed by atoms with Crippen molar-refractivity contribution in [2.24, 2.45) is 0 Å². The van der Waals surface area contributed by atoms with Gasteiger partial charge in [-0.3, -0.25) is 0 Å². The quantitative estimate of drug-likeness (QED) is 0.876. The lowest BCUT2D eigenvalue weighted by atomic mass is 10.2. The van der Waals surface area contributed by atoms with Crippen molar-refractivity contribution in [2.45, 2.75) is 37.4 Å². The summed E-state index contributed by atoms with van der Waals surface area (Å²) in [5.41, 5.74) is 4.00. The first-order valence-corrected chi connectivity index (χ1v) is 7.25. The predicted octanol–water partition coefficient (Wildman–Crippen LogP) is 3.41. The molecule has 0 aliphatic heterocycles. The third kappa shape index (κ3) is 3.35. The predicted molar refractivity (Wildman–Crippen MR) is 79.5 cm³/mol. The number of benzene rings is 1. The number of aryl methyl sites for hydroxylation is 2. The van der Waals surface area contributed by atoms with Crippen LogP contribution in [0.1, 0.15) is 22.5 Å². The largest absolute Gasteiger partial charge is 0.316 e. The van der Waals surface area contributed by atoms with Gasteiger partial charge in [0.15, 0.2) is 5.16 Å². The Morgan fingerprint density at radius 1 is 1.15 bits per heavy atom. The maximum absolute atomic E-state index is 13.3. The Bertz CT molecular complexity index is 606. The zero-order chi connectivity index (χ0) is 14.7. The van der Waals surface area contributed by atoms with Crippen molar-refractivity contribution in [1.82, 2.24) is 15.3 Å². The number of nitrogens with one attached hydrogen (secondary N) is 1. The summed E-state index contributed by atoms with van der Waals surface area (Å²) in [5, 5.41) is 3.75. The Labute approximate surface area is 123 Å². The first kappa shape index (κ1) is 14.9. The molecule has 1 aromatic carbocycles. The Balaban J connectivity index is 2.34. The minimum Gasteiger partial charge on any atom is -0.316 e. The zero-order valence-corrected chi connectivity index (χ0v) is 12.9. The number of rotatable bonds is 4. The summed E-state index contributed by atoms with van der Waals surface area (Å²) in [6.45, 7) is 6.59. The Morgan fingerprint density at radius 2 is 1.80 bits per heavy atom. The van der Waals surface area contributed by atoms with Gasteiger partial charge in [0.2, 0.25) is 0 Å². The van der Waals surface area contributed by atoms with Gasteiger partial charge in [-0.1, -0.05) is 0 Å². The lowest BCUT2D eigenvalue weighted by molar-refractivity contribution is 0.621. The molecule has 5 heteroatoms. The normalized spacial score (nSPS) is 10.8. The monoisotopic (exact) mass is 291 g/mol. The molecule has 0 spiro atoms. The van der Waals surface area contributed by atoms with Gasteiger partial charge in [-0.05, 0) is 68.9 Å². The first-order chi connectivity index (χ1) is 9.51. The Kier molecular flexibility index (Phi) is 4.73. The molecule has 0 amide bonds. The number of nitrogens with zero attached hydrogens (tertiary/aromatic N) is 2. The zero-order valence-electron chi connectivity index (χ0n) is 12.1. The summed E-state index contributed by atoms with van der Waals surface area (Å²) in [4.78, 5) is 9.96. The van der Waals surface area contributed by atoms with Crippen LogP contribution in [0, 0.1) is 26.6 Å². The highest BCUT2D eigenvalue weighted by Crippen LogP contribution is 2.29. The van der Waals surface area contributed by atoms with E-state index in [0.29, 0.717) is 11.7 Å². The van der Waals surface area contributed by atoms with Crippen LogP contribution in [0.3, 0.4) is 0 Å². The fraction of sp³-hybridized carbons (Fsp3) is 0.333. The highest BCUT2D eigenvalue weighted by molar-refractivity contribution is 7.99. The van der Waals surface area contributed by atoms with Crippen molar-refractivity contribution < 1.29 is 4.39 Å². The van der Waals surface area contributed by atoms with E-state index in [9.17, 15) is 4.39 Å². The summed E-state index contributed by atoms with van der Waals surface area (Å²) in [6.07, 6.45) is 0. The lowest BCUT2D eigenvalue weighted by Crippen LogP contribution is -2.07. The van der Waals surface area contributed by atoms with E-state index < -0.39 is 0 Å². The maximum Gasteiger partial charge on any atom is 0.192 e. The van der Waals surface area contributed by atoms with Crippen LogP contribution in [-0.4, -0.2) is 17.0 Å². The summed E-state index contributed by atoms with van der Waals surface area (Å²) in [6, 6.07) is 4.79. The molecular weight excluding hydrogens is 273 g/mol. The summed E-state index contributed by atoms with van der Waals surface area (Å²) < 4.78 is 13.3. The van der Waals surface area contributed by atoms with Crippen LogP contribution >= 0.6 is 11.8 Å². The highest BCUT2D eigenvalue weighted by Gasteiger charge is 2.10. The van der Waals surface area contributed by atoms with Gasteiger partial charge >= 0.3 is 0 Å². The molecule has 0 unspecified atom stereocenters. The van der Waals surface area contributed by atoms with Gasteiger partial charge in [0, 0.05) is 22.8 Å². The third-order valence-electron chi connectivity index (χ3n) is 3.20. The molecule has 1 heterocycles. The van der Waals surface area contributed by atoms with Crippen molar-refractivity contribution >= 4 is 11.8 Å². The van der Waals surface area contributed by atoms with Gasteiger partial charge < -0.3 is 5.32 Å². The van der Waals surface area contributed by atoms with Gasteiger partial charge in [0.05, 0.1) is 0 Å². The molecule has 1 aromatic heterocycles. The third-order valence-corrected chi connectivity index (χ3v) is 4.19. The van der Waals surface area contributed by atoms with Crippen LogP contribution in [0.4, 0.5) is 4.39 Å². The van der Waals surface area contributed by atoms with Crippen molar-refractivity contribution in [1.29, 1.82) is 0 Å². The molecule has 20 heavy (non-hydrogen) atoms. The van der Waals surface area contributed by atoms with Crippen molar-refractivity contribution in [3.8, 4) is 0 Å². The van der Waals surface area contributed by atoms with Crippen LogP contribution in [0.15, 0.2) is 28.3 Å². The van der Waals surface area contributed by atoms with Crippen molar-refractivity contribution in [3.63, 3.8) is 0 Å². The molecule has 0 saturated carbocycles. The van der Waals surface area contributed by atoms with E-state index in [-0.39, 0.29) is 5.82 Å². The molecule has 2 aromatic rings. The Morgan fingerprint density at radius 3 is 2.40 bits per heavy atom. The number of hydrogen-bond acceptors (Lipinski definition) is 4. The van der Waals surface area contributed by atoms with Crippen molar-refractivity contribution in [3.05, 3.63) is 46.5 Å². The molecule has 2 rings (SSSR count). The molecule has 0 saturated heterocycles. The fourth-order valence-corrected chi connectivity index (χ4v) is 2.82. The minimum absolute atomic E-state index is 0.225. The molecule has 0 aliphatic carbocycles. The molecule has 0 bridgehead atoms. The van der Waals surface area contributed by atoms with Crippen LogP contribution in [-0.2, 0) is 6.54 Å². The van der Waals surface area contributed by atoms with Gasteiger partial charge in [-0.25, -0.2) is 14.4 Å². The molecular formula is C15H18FN3S. The molecule has 0 radical (unpaired) electrons. The van der Waals surface area contributed by atoms with E-state index >= 15 is 0 Å². The van der Waals surface area contributed by atoms with Gasteiger partial charge in [0.25, 0.3) is 0 Å². The van der Waals surface area contributed by atoms with E-state index in [2.05, 4.69) is 15.3 Å². The summed E-state index contributed by atoms with van der Waals surface area (Å²) >= 11 is 1.47. The summed E-state index contributed by atoms with van der Waals surface area (Å²) in [7, 11) is 1.84. The number of aromatic nitrogens is 2. The SMILES string of the molecule is CNCc1cc(F)ccc1Sc1nc(C)c(C)c(C)n1. The smallest absolute Gasteiger partial charge is 0.192 e. The number of halogens is 1. The average molecular weight is 291 g/mol. The van der Waals surface area contributed by atoms with Gasteiger partial charge in [0.1, 0.15) is 5.82 Å². The molecule has 0 atom stereocenters. The van der Waals surface area contributed by atoms with E-state index in [1.165, 1.54) is 17.8 Å². The molecule has 106 valence electrons. The van der Waals surface area contributed by atoms with Crippen LogP contribution in [0.2, 0.25) is 0 Å². The lowest BCUT2D eigenvalue weighted by Gasteiger charge is -2.10. The molecule has 3 nitrogen and oxygen atoms in total. The van der Waals surface area contributed by atoms with Crippen LogP contribution in [0.5, 0.6) is 0 Å². The second kappa shape index (κ2) is 6.33. The summed E-state index contributed by atoms with van der Waals surface area (Å²) in [5.74, 6) is -0.225. The maximum atomic E-state index is 13.3. The van der Waals surface area contributed by atoms with Crippen LogP contribution < -0.4 is 5.32 Å². The second-order valence-electron chi connectivity index (χ2n) is 4.69. The standard InChI is InChI=1S/C15H18FN3S/c1-9-10(2)18-15(19-11(9)3)20-14-6-5-13(16)7-12(14)8-17-4/h5-7,17H,8H2,1-4H3. The number of hydrogen-bond donors (Lipinski definition) is 1. The highest BCUT2D eigenvalue weighted by atomic mass is 32.2. The Hall–Kier alpha value is -1.46. The first-order valence-electron chi connectivity index (χ1n) is 6.44. The minimum atomic E-state index is -0.225. The van der Waals surface area contributed by atoms with E-state index in [1.807, 2.05) is 27.8 Å². The van der Waals surface area contributed by atoms with E-state index in [0.717, 1.165) is 27.4 Å². The topological polar surface area (TPSA) is 37.8 Å². The second-order valence-corrected chi connectivity index (χ2v) is 5.70. The molecule has 0 aliphatic rings. The van der Waals surface area contributed by atoms with Crippen LogP contribution in [0.25, 0.3) is 0 Å². The molecule has 1 N–H and O–H groups in total. The van der Waals surface area contributed by atoms with E-state index in [4.69, 9.17) is 0 Å². The molecule has 0 fully saturated rings. The van der Waals surface area contributed by atoms with Crippen molar-refractivity contribution in [2.75, 3.05) is 7.05 Å².